The van der Waals surface area contributed by atoms with E-state index in [1.807, 2.05) is 24.3 Å². The molecule has 0 radical (unpaired) electrons. The Morgan fingerprint density at radius 2 is 1.95 bits per heavy atom. The zero-order valence-corrected chi connectivity index (χ0v) is 12.9. The molecule has 0 atom stereocenters. The first-order valence-electron chi connectivity index (χ1n) is 7.21. The van der Waals surface area contributed by atoms with Crippen molar-refractivity contribution in [1.82, 2.24) is 4.98 Å². The van der Waals surface area contributed by atoms with E-state index in [-0.39, 0.29) is 0 Å². The summed E-state index contributed by atoms with van der Waals surface area (Å²) in [6.07, 6.45) is 1.10. The van der Waals surface area contributed by atoms with Gasteiger partial charge in [0.2, 0.25) is 0 Å². The highest BCUT2D eigenvalue weighted by Crippen LogP contribution is 2.31. The van der Waals surface area contributed by atoms with Crippen LogP contribution in [0, 0.1) is 0 Å². The van der Waals surface area contributed by atoms with E-state index in [1.165, 1.54) is 5.56 Å². The van der Waals surface area contributed by atoms with E-state index in [0.29, 0.717) is 0 Å². The summed E-state index contributed by atoms with van der Waals surface area (Å²) in [5.41, 5.74) is 8.99. The van der Waals surface area contributed by atoms with Gasteiger partial charge in [-0.1, -0.05) is 48.6 Å². The molecular formula is C17H19N3S. The summed E-state index contributed by atoms with van der Waals surface area (Å²) >= 11 is 1.71. The second-order valence-electron chi connectivity index (χ2n) is 5.13. The first kappa shape index (κ1) is 13.9. The first-order valence-corrected chi connectivity index (χ1v) is 8.03. The molecule has 2 N–H and O–H groups in total. The SMILES string of the molecule is CCCN(Cc1ccccc1)c1nc2ccc(N)cc2s1. The molecular weight excluding hydrogens is 278 g/mol. The fourth-order valence-electron chi connectivity index (χ4n) is 2.38. The Balaban J connectivity index is 1.91. The van der Waals surface area contributed by atoms with Gasteiger partial charge in [0.25, 0.3) is 0 Å². The van der Waals surface area contributed by atoms with Gasteiger partial charge in [-0.25, -0.2) is 4.98 Å². The largest absolute Gasteiger partial charge is 0.399 e. The molecule has 0 amide bonds. The van der Waals surface area contributed by atoms with E-state index in [1.54, 1.807) is 11.3 Å². The van der Waals surface area contributed by atoms with Crippen molar-refractivity contribution in [2.45, 2.75) is 19.9 Å². The molecule has 0 fully saturated rings. The highest BCUT2D eigenvalue weighted by molar-refractivity contribution is 7.22. The van der Waals surface area contributed by atoms with Crippen molar-refractivity contribution >= 4 is 32.4 Å². The number of nitrogen functional groups attached to an aromatic ring is 1. The van der Waals surface area contributed by atoms with Crippen molar-refractivity contribution in [1.29, 1.82) is 0 Å². The van der Waals surface area contributed by atoms with Gasteiger partial charge in [0.05, 0.1) is 10.2 Å². The van der Waals surface area contributed by atoms with Gasteiger partial charge in [-0.05, 0) is 30.2 Å². The normalized spacial score (nSPS) is 10.9. The third-order valence-corrected chi connectivity index (χ3v) is 4.46. The fraction of sp³-hybridized carbons (Fsp3) is 0.235. The minimum Gasteiger partial charge on any atom is -0.399 e. The van der Waals surface area contributed by atoms with Crippen molar-refractivity contribution in [3.63, 3.8) is 0 Å². The molecule has 0 aliphatic rings. The summed E-state index contributed by atoms with van der Waals surface area (Å²) < 4.78 is 1.15. The van der Waals surface area contributed by atoms with E-state index in [2.05, 4.69) is 36.1 Å². The lowest BCUT2D eigenvalue weighted by Gasteiger charge is -2.21. The summed E-state index contributed by atoms with van der Waals surface area (Å²) in [7, 11) is 0. The predicted octanol–water partition coefficient (Wildman–Crippen LogP) is 4.30. The molecule has 21 heavy (non-hydrogen) atoms. The highest BCUT2D eigenvalue weighted by atomic mass is 32.1. The Hall–Kier alpha value is -2.07. The molecule has 0 saturated carbocycles. The molecule has 2 aromatic carbocycles. The summed E-state index contributed by atoms with van der Waals surface area (Å²) in [4.78, 5) is 7.10. The number of benzene rings is 2. The van der Waals surface area contributed by atoms with Crippen molar-refractivity contribution in [3.05, 3.63) is 54.1 Å². The van der Waals surface area contributed by atoms with E-state index >= 15 is 0 Å². The quantitative estimate of drug-likeness (QED) is 0.714. The van der Waals surface area contributed by atoms with Crippen molar-refractivity contribution < 1.29 is 0 Å². The van der Waals surface area contributed by atoms with Crippen LogP contribution in [0.1, 0.15) is 18.9 Å². The van der Waals surface area contributed by atoms with Gasteiger partial charge in [-0.3, -0.25) is 0 Å². The molecule has 4 heteroatoms. The van der Waals surface area contributed by atoms with Crippen LogP contribution < -0.4 is 10.6 Å². The van der Waals surface area contributed by atoms with E-state index in [9.17, 15) is 0 Å². The Bertz CT molecular complexity index is 721. The fourth-order valence-corrected chi connectivity index (χ4v) is 3.42. The maximum Gasteiger partial charge on any atom is 0.186 e. The molecule has 0 aliphatic heterocycles. The minimum absolute atomic E-state index is 0.794. The number of nitrogens with two attached hydrogens (primary N) is 1. The smallest absolute Gasteiger partial charge is 0.186 e. The second-order valence-corrected chi connectivity index (χ2v) is 6.14. The third-order valence-electron chi connectivity index (χ3n) is 3.38. The molecule has 0 spiro atoms. The summed E-state index contributed by atoms with van der Waals surface area (Å²) in [6.45, 7) is 4.09. The molecule has 0 unspecified atom stereocenters. The number of thiazole rings is 1. The van der Waals surface area contributed by atoms with Gasteiger partial charge in [-0.15, -0.1) is 0 Å². The number of rotatable bonds is 5. The van der Waals surface area contributed by atoms with Crippen LogP contribution in [0.15, 0.2) is 48.5 Å². The lowest BCUT2D eigenvalue weighted by Crippen LogP contribution is -2.23. The second kappa shape index (κ2) is 6.14. The van der Waals surface area contributed by atoms with Crippen LogP contribution >= 0.6 is 11.3 Å². The van der Waals surface area contributed by atoms with Crippen LogP contribution in [0.3, 0.4) is 0 Å². The average molecular weight is 297 g/mol. The van der Waals surface area contributed by atoms with E-state index in [4.69, 9.17) is 10.7 Å². The maximum atomic E-state index is 5.86. The molecule has 1 heterocycles. The Kier molecular flexibility index (Phi) is 4.06. The number of nitrogens with zero attached hydrogens (tertiary/aromatic N) is 2. The van der Waals surface area contributed by atoms with Gasteiger partial charge >= 0.3 is 0 Å². The Labute approximate surface area is 129 Å². The average Bonchev–Trinajstić information content (AvgIpc) is 2.91. The standard InChI is InChI=1S/C17H19N3S/c1-2-10-20(12-13-6-4-3-5-7-13)17-19-15-9-8-14(18)11-16(15)21-17/h3-9,11H,2,10,12,18H2,1H3. The zero-order chi connectivity index (χ0) is 14.7. The molecule has 3 aromatic rings. The lowest BCUT2D eigenvalue weighted by molar-refractivity contribution is 0.765. The van der Waals surface area contributed by atoms with E-state index < -0.39 is 0 Å². The van der Waals surface area contributed by atoms with Crippen LogP contribution in [0.5, 0.6) is 0 Å². The van der Waals surface area contributed by atoms with Crippen LogP contribution in [0.2, 0.25) is 0 Å². The maximum absolute atomic E-state index is 5.86. The molecule has 0 bridgehead atoms. The molecule has 0 saturated heterocycles. The van der Waals surface area contributed by atoms with Crippen LogP contribution in [0.4, 0.5) is 10.8 Å². The summed E-state index contributed by atoms with van der Waals surface area (Å²) in [5, 5.41) is 1.07. The molecule has 1 aromatic heterocycles. The topological polar surface area (TPSA) is 42.2 Å². The molecule has 108 valence electrons. The first-order chi connectivity index (χ1) is 10.3. The Morgan fingerprint density at radius 1 is 1.14 bits per heavy atom. The summed E-state index contributed by atoms with van der Waals surface area (Å²) in [6, 6.07) is 16.4. The monoisotopic (exact) mass is 297 g/mol. The predicted molar refractivity (Wildman–Crippen MR) is 91.8 cm³/mol. The number of hydrogen-bond donors (Lipinski definition) is 1. The van der Waals surface area contributed by atoms with Crippen LogP contribution in [-0.4, -0.2) is 11.5 Å². The van der Waals surface area contributed by atoms with E-state index in [0.717, 1.165) is 40.5 Å². The van der Waals surface area contributed by atoms with Gasteiger partial charge in [-0.2, -0.15) is 0 Å². The van der Waals surface area contributed by atoms with Crippen LogP contribution in [0.25, 0.3) is 10.2 Å². The molecule has 3 rings (SSSR count). The number of fused-ring (bicyclic) bond motifs is 1. The zero-order valence-electron chi connectivity index (χ0n) is 12.1. The number of aromatic nitrogens is 1. The summed E-state index contributed by atoms with van der Waals surface area (Å²) in [5.74, 6) is 0. The minimum atomic E-state index is 0.794. The van der Waals surface area contributed by atoms with Gasteiger partial charge in [0.15, 0.2) is 5.13 Å². The van der Waals surface area contributed by atoms with Gasteiger partial charge in [0.1, 0.15) is 0 Å². The third kappa shape index (κ3) is 3.16. The molecule has 3 nitrogen and oxygen atoms in total. The molecule has 0 aliphatic carbocycles. The van der Waals surface area contributed by atoms with Gasteiger partial charge < -0.3 is 10.6 Å². The van der Waals surface area contributed by atoms with Crippen LogP contribution in [-0.2, 0) is 6.54 Å². The van der Waals surface area contributed by atoms with Crippen molar-refractivity contribution in [2.24, 2.45) is 0 Å². The number of hydrogen-bond acceptors (Lipinski definition) is 4. The Morgan fingerprint density at radius 3 is 2.71 bits per heavy atom. The number of anilines is 2. The van der Waals surface area contributed by atoms with Gasteiger partial charge in [0, 0.05) is 18.8 Å². The lowest BCUT2D eigenvalue weighted by atomic mass is 10.2. The highest BCUT2D eigenvalue weighted by Gasteiger charge is 2.12. The van der Waals surface area contributed by atoms with Crippen molar-refractivity contribution in [2.75, 3.05) is 17.2 Å². The van der Waals surface area contributed by atoms with Crippen molar-refractivity contribution in [3.8, 4) is 0 Å².